The molecule has 2 unspecified atom stereocenters. The number of allylic oxidation sites excluding steroid dienone is 5. The number of aliphatic imine (C=N–C) groups is 1. The van der Waals surface area contributed by atoms with Crippen molar-refractivity contribution in [3.05, 3.63) is 80.7 Å². The van der Waals surface area contributed by atoms with Gasteiger partial charge in [0.25, 0.3) is 11.6 Å². The molecule has 0 radical (unpaired) electrons. The van der Waals surface area contributed by atoms with E-state index < -0.39 is 22.2 Å². The van der Waals surface area contributed by atoms with Crippen molar-refractivity contribution in [3.8, 4) is 0 Å². The third-order valence-electron chi connectivity index (χ3n) is 5.38. The minimum atomic E-state index is -0.694. The van der Waals surface area contributed by atoms with E-state index in [1.54, 1.807) is 36.6 Å². The van der Waals surface area contributed by atoms with Crippen LogP contribution in [0.1, 0.15) is 37.7 Å². The molecule has 0 spiro atoms. The van der Waals surface area contributed by atoms with Crippen LogP contribution in [0.4, 0.5) is 10.5 Å². The molecule has 2 atom stereocenters. The minimum Gasteiger partial charge on any atom is -0.311 e. The minimum absolute atomic E-state index is 0.0806. The van der Waals surface area contributed by atoms with Crippen LogP contribution in [0.15, 0.2) is 70.0 Å². The first kappa shape index (κ1) is 25.4. The van der Waals surface area contributed by atoms with Gasteiger partial charge in [-0.05, 0) is 55.4 Å². The third kappa shape index (κ3) is 7.67. The van der Waals surface area contributed by atoms with E-state index in [2.05, 4.69) is 15.6 Å². The Balaban J connectivity index is 1.73. The van der Waals surface area contributed by atoms with Crippen LogP contribution >= 0.6 is 23.2 Å². The largest absolute Gasteiger partial charge is 0.325 e. The Morgan fingerprint density at radius 2 is 2.09 bits per heavy atom. The highest BCUT2D eigenvalue weighted by Crippen LogP contribution is 2.26. The number of imide groups is 1. The Hall–Kier alpha value is -3.23. The van der Waals surface area contributed by atoms with Crippen LogP contribution < -0.4 is 10.6 Å². The lowest BCUT2D eigenvalue weighted by Gasteiger charge is -2.17. The lowest BCUT2D eigenvalue weighted by Crippen LogP contribution is -2.40. The second-order valence-electron chi connectivity index (χ2n) is 7.94. The summed E-state index contributed by atoms with van der Waals surface area (Å²) >= 11 is 12.1. The quantitative estimate of drug-likeness (QED) is 0.218. The zero-order chi connectivity index (χ0) is 24.5. The van der Waals surface area contributed by atoms with Crippen LogP contribution in [-0.4, -0.2) is 28.5 Å². The zero-order valence-electron chi connectivity index (χ0n) is 18.2. The van der Waals surface area contributed by atoms with Gasteiger partial charge in [0.2, 0.25) is 0 Å². The fourth-order valence-electron chi connectivity index (χ4n) is 3.55. The first-order chi connectivity index (χ1) is 16.3. The summed E-state index contributed by atoms with van der Waals surface area (Å²) < 4.78 is 0. The number of hydrogen-bond donors (Lipinski definition) is 2. The van der Waals surface area contributed by atoms with Crippen molar-refractivity contribution in [2.75, 3.05) is 0 Å². The molecule has 0 saturated carbocycles. The molecule has 2 N–H and O–H groups in total. The second kappa shape index (κ2) is 12.3. The topological polar surface area (TPSA) is 114 Å². The summed E-state index contributed by atoms with van der Waals surface area (Å²) in [5.41, 5.74) is 1.30. The van der Waals surface area contributed by atoms with Crippen molar-refractivity contribution in [1.82, 2.24) is 10.6 Å². The fraction of sp³-hybridized carbons (Fsp3) is 0.292. The van der Waals surface area contributed by atoms with Gasteiger partial charge in [0, 0.05) is 47.3 Å². The Bertz CT molecular complexity index is 1090. The van der Waals surface area contributed by atoms with Crippen molar-refractivity contribution in [3.63, 3.8) is 0 Å². The third-order valence-corrected chi connectivity index (χ3v) is 6.27. The molecule has 3 rings (SSSR count). The van der Waals surface area contributed by atoms with E-state index in [4.69, 9.17) is 23.2 Å². The van der Waals surface area contributed by atoms with Crippen molar-refractivity contribution in [2.24, 2.45) is 10.9 Å². The Labute approximate surface area is 207 Å². The summed E-state index contributed by atoms with van der Waals surface area (Å²) in [5.74, 6) is -0.281. The van der Waals surface area contributed by atoms with Gasteiger partial charge in [0.15, 0.2) is 0 Å². The number of halogens is 2. The van der Waals surface area contributed by atoms with E-state index in [9.17, 15) is 19.7 Å². The standard InChI is InChI=1S/C24H24Cl2N4O4/c25-21-9-8-19(15-22(21)26)28-24(32)29-23(31)18(7-6-16-4-2-11-27-12-10-16)13-17-3-1-5-20(14-17)30(33)34/h1-3,5,8-9,11-14,16,22H,4,6-7,10,15H2,(H2,28,29,31,32)/b18-13+. The summed E-state index contributed by atoms with van der Waals surface area (Å²) in [5, 5.41) is 16.1. The fourth-order valence-corrected chi connectivity index (χ4v) is 3.93. The van der Waals surface area contributed by atoms with E-state index >= 15 is 0 Å². The molecule has 0 saturated heterocycles. The molecule has 34 heavy (non-hydrogen) atoms. The number of nitrogens with zero attached hydrogens (tertiary/aromatic N) is 2. The van der Waals surface area contributed by atoms with E-state index in [1.807, 2.05) is 12.3 Å². The monoisotopic (exact) mass is 502 g/mol. The molecule has 178 valence electrons. The molecular formula is C24H24Cl2N4O4. The number of urea groups is 1. The molecule has 2 aliphatic rings. The summed E-state index contributed by atoms with van der Waals surface area (Å²) in [4.78, 5) is 40.2. The van der Waals surface area contributed by atoms with Gasteiger partial charge in [-0.25, -0.2) is 4.79 Å². The number of rotatable bonds is 7. The Morgan fingerprint density at radius 3 is 2.85 bits per heavy atom. The Morgan fingerprint density at radius 1 is 1.26 bits per heavy atom. The van der Waals surface area contributed by atoms with Crippen molar-refractivity contribution in [1.29, 1.82) is 0 Å². The molecule has 1 heterocycles. The van der Waals surface area contributed by atoms with Crippen LogP contribution in [-0.2, 0) is 4.79 Å². The number of amides is 3. The molecule has 0 aromatic heterocycles. The average Bonchev–Trinajstić information content (AvgIpc) is 3.08. The molecule has 0 fully saturated rings. The van der Waals surface area contributed by atoms with Crippen LogP contribution in [0.5, 0.6) is 0 Å². The van der Waals surface area contributed by atoms with E-state index in [1.165, 1.54) is 12.1 Å². The van der Waals surface area contributed by atoms with E-state index in [0.29, 0.717) is 47.0 Å². The van der Waals surface area contributed by atoms with Crippen LogP contribution in [0, 0.1) is 16.0 Å². The number of nitrogens with one attached hydrogen (secondary N) is 2. The van der Waals surface area contributed by atoms with E-state index in [0.717, 1.165) is 12.8 Å². The molecule has 1 aromatic rings. The molecular weight excluding hydrogens is 479 g/mol. The normalized spacial score (nSPS) is 20.1. The number of hydrogen-bond acceptors (Lipinski definition) is 5. The maximum atomic E-state index is 13.0. The van der Waals surface area contributed by atoms with Crippen LogP contribution in [0.2, 0.25) is 0 Å². The second-order valence-corrected chi connectivity index (χ2v) is 8.90. The molecule has 8 nitrogen and oxygen atoms in total. The maximum Gasteiger partial charge on any atom is 0.325 e. The SMILES string of the molecule is O=C(NC(=O)/C(=C/c1cccc([N+](=O)[O-])c1)CCC1CC=CN=CC1)NC1=CC=C(Cl)C(Cl)C1. The van der Waals surface area contributed by atoms with Gasteiger partial charge in [-0.3, -0.25) is 25.2 Å². The molecule has 1 aliphatic carbocycles. The van der Waals surface area contributed by atoms with E-state index in [-0.39, 0.29) is 5.69 Å². The predicted octanol–water partition coefficient (Wildman–Crippen LogP) is 5.60. The first-order valence-electron chi connectivity index (χ1n) is 10.8. The summed E-state index contributed by atoms with van der Waals surface area (Å²) in [6, 6.07) is 5.30. The van der Waals surface area contributed by atoms with Gasteiger partial charge in [-0.2, -0.15) is 0 Å². The smallest absolute Gasteiger partial charge is 0.311 e. The number of nitro groups is 1. The number of carbonyl (C=O) groups excluding carboxylic acids is 2. The van der Waals surface area contributed by atoms with Gasteiger partial charge < -0.3 is 5.32 Å². The number of carbonyl (C=O) groups is 2. The van der Waals surface area contributed by atoms with Gasteiger partial charge in [0.1, 0.15) is 0 Å². The average molecular weight is 503 g/mol. The molecule has 3 amide bonds. The zero-order valence-corrected chi connectivity index (χ0v) is 19.8. The van der Waals surface area contributed by atoms with Crippen LogP contribution in [0.3, 0.4) is 0 Å². The Kier molecular flexibility index (Phi) is 9.18. The summed E-state index contributed by atoms with van der Waals surface area (Å²) in [6.45, 7) is 0. The maximum absolute atomic E-state index is 13.0. The number of non-ortho nitro benzene ring substituents is 1. The van der Waals surface area contributed by atoms with Crippen molar-refractivity contribution in [2.45, 2.75) is 37.5 Å². The lowest BCUT2D eigenvalue weighted by atomic mass is 9.93. The first-order valence-corrected chi connectivity index (χ1v) is 11.6. The van der Waals surface area contributed by atoms with Crippen LogP contribution in [0.25, 0.3) is 6.08 Å². The lowest BCUT2D eigenvalue weighted by molar-refractivity contribution is -0.384. The summed E-state index contributed by atoms with van der Waals surface area (Å²) in [7, 11) is 0. The number of benzene rings is 1. The van der Waals surface area contributed by atoms with Crippen molar-refractivity contribution < 1.29 is 14.5 Å². The number of nitro benzene ring substituents is 1. The van der Waals surface area contributed by atoms with Gasteiger partial charge in [0.05, 0.1) is 10.3 Å². The summed E-state index contributed by atoms with van der Waals surface area (Å²) in [6.07, 6.45) is 13.4. The van der Waals surface area contributed by atoms with Crippen molar-refractivity contribution >= 4 is 53.1 Å². The highest BCUT2D eigenvalue weighted by molar-refractivity contribution is 6.37. The molecule has 10 heteroatoms. The molecule has 1 aromatic carbocycles. The highest BCUT2D eigenvalue weighted by atomic mass is 35.5. The molecule has 0 bridgehead atoms. The van der Waals surface area contributed by atoms with Gasteiger partial charge in [-0.15, -0.1) is 11.6 Å². The molecule has 1 aliphatic heterocycles. The van der Waals surface area contributed by atoms with Gasteiger partial charge in [-0.1, -0.05) is 29.8 Å². The van der Waals surface area contributed by atoms with Gasteiger partial charge >= 0.3 is 6.03 Å². The number of alkyl halides is 1. The highest BCUT2D eigenvalue weighted by Gasteiger charge is 2.20. The predicted molar refractivity (Wildman–Crippen MR) is 134 cm³/mol.